The Morgan fingerprint density at radius 1 is 1.47 bits per heavy atom. The fraction of sp³-hybridized carbons (Fsp3) is 0.417. The van der Waals surface area contributed by atoms with Crippen molar-refractivity contribution in [2.75, 3.05) is 7.11 Å². The number of carbonyl (C=O) groups excluding carboxylic acids is 1. The highest BCUT2D eigenvalue weighted by molar-refractivity contribution is 6.30. The van der Waals surface area contributed by atoms with Gasteiger partial charge in [0.05, 0.1) is 13.2 Å². The predicted molar refractivity (Wildman–Crippen MR) is 65.6 cm³/mol. The van der Waals surface area contributed by atoms with Crippen molar-refractivity contribution in [2.45, 2.75) is 25.0 Å². The summed E-state index contributed by atoms with van der Waals surface area (Å²) in [6.07, 6.45) is -0.240. The maximum absolute atomic E-state index is 10.9. The minimum Gasteiger partial charge on any atom is -0.469 e. The molecular formula is C12H16ClNO3. The standard InChI is InChI=1S/C12H16ClNO3/c1-17-11(15)7-6-10(14)12(16)8-2-4-9(13)5-3-8/h2-5,10,12,16H,6-7,14H2,1H3. The van der Waals surface area contributed by atoms with Gasteiger partial charge < -0.3 is 15.6 Å². The van der Waals surface area contributed by atoms with Crippen LogP contribution in [0.25, 0.3) is 0 Å². The Balaban J connectivity index is 2.54. The molecule has 94 valence electrons. The maximum atomic E-state index is 10.9. The summed E-state index contributed by atoms with van der Waals surface area (Å²) >= 11 is 5.74. The number of methoxy groups -OCH3 is 1. The van der Waals surface area contributed by atoms with E-state index in [1.807, 2.05) is 0 Å². The zero-order valence-electron chi connectivity index (χ0n) is 9.60. The van der Waals surface area contributed by atoms with Crippen molar-refractivity contribution >= 4 is 17.6 Å². The number of aliphatic hydroxyl groups excluding tert-OH is 1. The van der Waals surface area contributed by atoms with E-state index in [2.05, 4.69) is 4.74 Å². The number of hydrogen-bond acceptors (Lipinski definition) is 4. The summed E-state index contributed by atoms with van der Waals surface area (Å²) in [5, 5.41) is 10.5. The van der Waals surface area contributed by atoms with E-state index in [0.29, 0.717) is 17.0 Å². The predicted octanol–water partition coefficient (Wildman–Crippen LogP) is 1.65. The summed E-state index contributed by atoms with van der Waals surface area (Å²) in [7, 11) is 1.32. The fourth-order valence-electron chi connectivity index (χ4n) is 1.45. The van der Waals surface area contributed by atoms with Gasteiger partial charge >= 0.3 is 5.97 Å². The highest BCUT2D eigenvalue weighted by Gasteiger charge is 2.18. The van der Waals surface area contributed by atoms with Gasteiger partial charge in [0.25, 0.3) is 0 Å². The van der Waals surface area contributed by atoms with Crippen LogP contribution in [0.15, 0.2) is 24.3 Å². The molecule has 0 saturated carbocycles. The molecule has 0 aromatic heterocycles. The summed E-state index contributed by atoms with van der Waals surface area (Å²) in [6, 6.07) is 6.30. The van der Waals surface area contributed by atoms with Crippen molar-refractivity contribution in [2.24, 2.45) is 5.73 Å². The Kier molecular flexibility index (Phi) is 5.41. The van der Waals surface area contributed by atoms with Crippen LogP contribution >= 0.6 is 11.6 Å². The van der Waals surface area contributed by atoms with Crippen LogP contribution in [0.4, 0.5) is 0 Å². The number of benzene rings is 1. The van der Waals surface area contributed by atoms with E-state index < -0.39 is 12.1 Å². The monoisotopic (exact) mass is 257 g/mol. The Morgan fingerprint density at radius 3 is 2.59 bits per heavy atom. The summed E-state index contributed by atoms with van der Waals surface area (Å²) in [5.41, 5.74) is 6.49. The van der Waals surface area contributed by atoms with Crippen LogP contribution in [-0.2, 0) is 9.53 Å². The van der Waals surface area contributed by atoms with Gasteiger partial charge in [0.1, 0.15) is 0 Å². The number of carbonyl (C=O) groups is 1. The molecule has 0 heterocycles. The van der Waals surface area contributed by atoms with Crippen LogP contribution in [0.3, 0.4) is 0 Å². The first kappa shape index (κ1) is 14.0. The average molecular weight is 258 g/mol. The zero-order valence-corrected chi connectivity index (χ0v) is 10.4. The number of aliphatic hydroxyl groups is 1. The van der Waals surface area contributed by atoms with Gasteiger partial charge in [-0.25, -0.2) is 0 Å². The van der Waals surface area contributed by atoms with Crippen LogP contribution in [-0.4, -0.2) is 24.2 Å². The van der Waals surface area contributed by atoms with Crippen LogP contribution in [0.2, 0.25) is 5.02 Å². The van der Waals surface area contributed by atoms with Crippen molar-refractivity contribution in [3.8, 4) is 0 Å². The lowest BCUT2D eigenvalue weighted by Crippen LogP contribution is -2.29. The molecule has 0 saturated heterocycles. The van der Waals surface area contributed by atoms with Gasteiger partial charge in [-0.3, -0.25) is 4.79 Å². The molecule has 0 aliphatic carbocycles. The van der Waals surface area contributed by atoms with Crippen LogP contribution < -0.4 is 5.73 Å². The zero-order chi connectivity index (χ0) is 12.8. The van der Waals surface area contributed by atoms with E-state index in [1.54, 1.807) is 24.3 Å². The highest BCUT2D eigenvalue weighted by Crippen LogP contribution is 2.20. The van der Waals surface area contributed by atoms with Crippen LogP contribution in [0.5, 0.6) is 0 Å². The lowest BCUT2D eigenvalue weighted by molar-refractivity contribution is -0.140. The minimum absolute atomic E-state index is 0.197. The topological polar surface area (TPSA) is 72.5 Å². The van der Waals surface area contributed by atoms with Gasteiger partial charge in [-0.2, -0.15) is 0 Å². The third kappa shape index (κ3) is 4.34. The van der Waals surface area contributed by atoms with E-state index in [4.69, 9.17) is 17.3 Å². The molecule has 5 heteroatoms. The molecule has 17 heavy (non-hydrogen) atoms. The Labute approximate surface area is 105 Å². The second-order valence-corrected chi connectivity index (χ2v) is 4.21. The molecule has 1 aromatic carbocycles. The van der Waals surface area contributed by atoms with Gasteiger partial charge in [0.2, 0.25) is 0 Å². The van der Waals surface area contributed by atoms with Gasteiger partial charge in [0.15, 0.2) is 0 Å². The third-order valence-corrected chi connectivity index (χ3v) is 2.78. The Hall–Kier alpha value is -1.10. The summed E-state index contributed by atoms with van der Waals surface area (Å²) in [6.45, 7) is 0. The first-order valence-corrected chi connectivity index (χ1v) is 5.68. The third-order valence-electron chi connectivity index (χ3n) is 2.53. The number of esters is 1. The van der Waals surface area contributed by atoms with Crippen LogP contribution in [0.1, 0.15) is 24.5 Å². The largest absolute Gasteiger partial charge is 0.469 e. The molecule has 0 bridgehead atoms. The Bertz CT molecular complexity index is 367. The molecule has 0 aliphatic rings. The van der Waals surface area contributed by atoms with E-state index >= 15 is 0 Å². The van der Waals surface area contributed by atoms with Gasteiger partial charge in [0, 0.05) is 17.5 Å². The smallest absolute Gasteiger partial charge is 0.305 e. The normalized spacial score (nSPS) is 14.1. The summed E-state index contributed by atoms with van der Waals surface area (Å²) < 4.78 is 4.51. The first-order chi connectivity index (χ1) is 8.04. The first-order valence-electron chi connectivity index (χ1n) is 5.30. The van der Waals surface area contributed by atoms with E-state index in [-0.39, 0.29) is 12.4 Å². The van der Waals surface area contributed by atoms with E-state index in [1.165, 1.54) is 7.11 Å². The van der Waals surface area contributed by atoms with Gasteiger partial charge in [-0.15, -0.1) is 0 Å². The Morgan fingerprint density at radius 2 is 2.06 bits per heavy atom. The van der Waals surface area contributed by atoms with Crippen molar-refractivity contribution in [3.05, 3.63) is 34.9 Å². The van der Waals surface area contributed by atoms with Crippen molar-refractivity contribution in [1.29, 1.82) is 0 Å². The number of halogens is 1. The van der Waals surface area contributed by atoms with Crippen molar-refractivity contribution in [3.63, 3.8) is 0 Å². The second-order valence-electron chi connectivity index (χ2n) is 3.78. The lowest BCUT2D eigenvalue weighted by Gasteiger charge is -2.18. The lowest BCUT2D eigenvalue weighted by atomic mass is 9.99. The molecular weight excluding hydrogens is 242 g/mol. The molecule has 1 aromatic rings. The van der Waals surface area contributed by atoms with Gasteiger partial charge in [-0.05, 0) is 24.1 Å². The highest BCUT2D eigenvalue weighted by atomic mass is 35.5. The molecule has 2 unspecified atom stereocenters. The molecule has 0 aliphatic heterocycles. The average Bonchev–Trinajstić information content (AvgIpc) is 2.35. The van der Waals surface area contributed by atoms with Crippen LogP contribution in [0, 0.1) is 0 Å². The molecule has 1 rings (SSSR count). The molecule has 0 fully saturated rings. The number of ether oxygens (including phenoxy) is 1. The molecule has 2 atom stereocenters. The molecule has 4 nitrogen and oxygen atoms in total. The summed E-state index contributed by atoms with van der Waals surface area (Å²) in [5.74, 6) is -0.330. The number of hydrogen-bond donors (Lipinski definition) is 2. The molecule has 0 spiro atoms. The fourth-order valence-corrected chi connectivity index (χ4v) is 1.58. The number of rotatable bonds is 5. The SMILES string of the molecule is COC(=O)CCC(N)C(O)c1ccc(Cl)cc1. The van der Waals surface area contributed by atoms with Crippen molar-refractivity contribution in [1.82, 2.24) is 0 Å². The molecule has 3 N–H and O–H groups in total. The van der Waals surface area contributed by atoms with E-state index in [9.17, 15) is 9.90 Å². The maximum Gasteiger partial charge on any atom is 0.305 e. The summed E-state index contributed by atoms with van der Waals surface area (Å²) in [4.78, 5) is 10.9. The quantitative estimate of drug-likeness (QED) is 0.787. The van der Waals surface area contributed by atoms with E-state index in [0.717, 1.165) is 0 Å². The number of nitrogens with two attached hydrogens (primary N) is 1. The minimum atomic E-state index is -0.808. The molecule has 0 amide bonds. The van der Waals surface area contributed by atoms with Crippen molar-refractivity contribution < 1.29 is 14.6 Å². The van der Waals surface area contributed by atoms with Gasteiger partial charge in [-0.1, -0.05) is 23.7 Å². The molecule has 0 radical (unpaired) electrons. The second kappa shape index (κ2) is 6.59.